The van der Waals surface area contributed by atoms with E-state index in [1.54, 1.807) is 7.11 Å². The minimum absolute atomic E-state index is 0.125. The first-order valence-corrected chi connectivity index (χ1v) is 11.4. The van der Waals surface area contributed by atoms with Crippen molar-refractivity contribution >= 4 is 39.6 Å². The molecule has 0 saturated heterocycles. The zero-order chi connectivity index (χ0) is 24.1. The van der Waals surface area contributed by atoms with Gasteiger partial charge in [-0.1, -0.05) is 37.6 Å². The lowest BCUT2D eigenvalue weighted by Gasteiger charge is -2.15. The molecule has 0 spiro atoms. The van der Waals surface area contributed by atoms with E-state index in [0.717, 1.165) is 64.0 Å². The van der Waals surface area contributed by atoms with Crippen molar-refractivity contribution in [3.05, 3.63) is 53.6 Å². The number of amides is 1. The fraction of sp³-hybridized carbons (Fsp3) is 0.320. The first-order chi connectivity index (χ1) is 16.5. The van der Waals surface area contributed by atoms with Gasteiger partial charge in [0.05, 0.1) is 25.7 Å². The molecule has 0 radical (unpaired) electrons. The Hall–Kier alpha value is -3.85. The molecular weight excluding hydrogens is 430 g/mol. The summed E-state index contributed by atoms with van der Waals surface area (Å²) >= 11 is 0. The molecule has 0 aliphatic heterocycles. The van der Waals surface area contributed by atoms with Gasteiger partial charge in [-0.2, -0.15) is 4.98 Å². The van der Waals surface area contributed by atoms with Gasteiger partial charge in [0, 0.05) is 24.0 Å². The number of fused-ring (bicyclic) bond motifs is 3. The van der Waals surface area contributed by atoms with E-state index in [9.17, 15) is 4.79 Å². The lowest BCUT2D eigenvalue weighted by molar-refractivity contribution is -0.117. The average Bonchev–Trinajstić information content (AvgIpc) is 3.13. The Morgan fingerprint density at radius 3 is 2.76 bits per heavy atom. The molecule has 4 aromatic rings. The van der Waals surface area contributed by atoms with Crippen LogP contribution in [0.2, 0.25) is 0 Å². The number of primary amides is 1. The number of rotatable bonds is 11. The van der Waals surface area contributed by atoms with Crippen LogP contribution in [0.4, 0.5) is 11.8 Å². The molecule has 1 amide bonds. The van der Waals surface area contributed by atoms with Crippen LogP contribution in [0.5, 0.6) is 5.75 Å². The van der Waals surface area contributed by atoms with Crippen molar-refractivity contribution in [2.45, 2.75) is 32.9 Å². The summed E-state index contributed by atoms with van der Waals surface area (Å²) in [5, 5.41) is 7.54. The summed E-state index contributed by atoms with van der Waals surface area (Å²) in [5.74, 6) is 1.36. The van der Waals surface area contributed by atoms with E-state index in [-0.39, 0.29) is 18.4 Å². The van der Waals surface area contributed by atoms with Gasteiger partial charge in [-0.25, -0.2) is 4.98 Å². The molecule has 0 fully saturated rings. The van der Waals surface area contributed by atoms with Crippen molar-refractivity contribution < 1.29 is 9.53 Å². The Labute approximate surface area is 198 Å². The van der Waals surface area contributed by atoms with E-state index in [1.165, 1.54) is 0 Å². The highest BCUT2D eigenvalue weighted by Gasteiger charge is 2.19. The number of nitrogen functional groups attached to an aromatic ring is 1. The molecule has 0 bridgehead atoms. The van der Waals surface area contributed by atoms with Gasteiger partial charge in [-0.15, -0.1) is 0 Å². The lowest BCUT2D eigenvalue weighted by atomic mass is 10.1. The van der Waals surface area contributed by atoms with Gasteiger partial charge in [-0.3, -0.25) is 4.79 Å². The number of unbranched alkanes of at least 4 members (excludes halogenated alkanes) is 1. The van der Waals surface area contributed by atoms with E-state index in [4.69, 9.17) is 16.2 Å². The Morgan fingerprint density at radius 1 is 1.18 bits per heavy atom. The van der Waals surface area contributed by atoms with Crippen molar-refractivity contribution in [3.63, 3.8) is 0 Å². The first kappa shape index (κ1) is 23.3. The third-order valence-corrected chi connectivity index (χ3v) is 5.75. The Bertz CT molecular complexity index is 1320. The molecule has 0 aliphatic rings. The fourth-order valence-electron chi connectivity index (χ4n) is 4.18. The number of carbonyl (C=O) groups is 1. The van der Waals surface area contributed by atoms with Crippen molar-refractivity contribution in [2.24, 2.45) is 5.73 Å². The Balaban J connectivity index is 1.81. The molecule has 0 aliphatic carbocycles. The zero-order valence-electron chi connectivity index (χ0n) is 19.6. The predicted molar refractivity (Wildman–Crippen MR) is 136 cm³/mol. The second-order valence-corrected chi connectivity index (χ2v) is 8.23. The number of hydrogen-bond acceptors (Lipinski definition) is 7. The van der Waals surface area contributed by atoms with Gasteiger partial charge < -0.3 is 31.4 Å². The summed E-state index contributed by atoms with van der Waals surface area (Å²) < 4.78 is 7.88. The minimum atomic E-state index is -0.388. The Kier molecular flexibility index (Phi) is 7.12. The largest absolute Gasteiger partial charge is 0.496 e. The SMILES string of the molecule is CCCCNc1nc(N)nc2c3ccccc3n(Cc3cc(CNCC(N)=O)ccc3OC)c12. The summed E-state index contributed by atoms with van der Waals surface area (Å²) in [4.78, 5) is 20.2. The molecule has 0 unspecified atom stereocenters. The van der Waals surface area contributed by atoms with Crippen LogP contribution in [0.3, 0.4) is 0 Å². The Morgan fingerprint density at radius 2 is 2.00 bits per heavy atom. The highest BCUT2D eigenvalue weighted by atomic mass is 16.5. The summed E-state index contributed by atoms with van der Waals surface area (Å²) in [6.45, 7) is 4.15. The van der Waals surface area contributed by atoms with Gasteiger partial charge in [-0.05, 0) is 30.2 Å². The van der Waals surface area contributed by atoms with E-state index < -0.39 is 0 Å². The molecule has 34 heavy (non-hydrogen) atoms. The summed E-state index contributed by atoms with van der Waals surface area (Å²) in [6, 6.07) is 14.1. The van der Waals surface area contributed by atoms with Crippen LogP contribution in [-0.2, 0) is 17.9 Å². The van der Waals surface area contributed by atoms with Crippen LogP contribution in [0.1, 0.15) is 30.9 Å². The second-order valence-electron chi connectivity index (χ2n) is 8.23. The quantitative estimate of drug-likeness (QED) is 0.252. The third-order valence-electron chi connectivity index (χ3n) is 5.75. The number of hydrogen-bond donors (Lipinski definition) is 4. The van der Waals surface area contributed by atoms with Crippen LogP contribution >= 0.6 is 0 Å². The topological polar surface area (TPSA) is 133 Å². The summed E-state index contributed by atoms with van der Waals surface area (Å²) in [6.07, 6.45) is 2.10. The molecule has 6 N–H and O–H groups in total. The van der Waals surface area contributed by atoms with Gasteiger partial charge in [0.1, 0.15) is 16.8 Å². The van der Waals surface area contributed by atoms with Gasteiger partial charge in [0.15, 0.2) is 5.82 Å². The zero-order valence-corrected chi connectivity index (χ0v) is 19.6. The van der Waals surface area contributed by atoms with E-state index >= 15 is 0 Å². The molecule has 9 heteroatoms. The monoisotopic (exact) mass is 461 g/mol. The molecule has 0 atom stereocenters. The van der Waals surface area contributed by atoms with Crippen molar-refractivity contribution in [1.82, 2.24) is 19.9 Å². The number of nitrogens with one attached hydrogen (secondary N) is 2. The normalized spacial score (nSPS) is 11.2. The average molecular weight is 462 g/mol. The maximum absolute atomic E-state index is 11.1. The number of nitrogens with zero attached hydrogens (tertiary/aromatic N) is 3. The van der Waals surface area contributed by atoms with Gasteiger partial charge in [0.25, 0.3) is 0 Å². The number of aromatic nitrogens is 3. The minimum Gasteiger partial charge on any atom is -0.496 e. The highest BCUT2D eigenvalue weighted by Crippen LogP contribution is 2.34. The number of nitrogens with two attached hydrogens (primary N) is 2. The molecular formula is C25H31N7O2. The molecule has 4 rings (SSSR count). The van der Waals surface area contributed by atoms with Crippen LogP contribution in [0.15, 0.2) is 42.5 Å². The van der Waals surface area contributed by atoms with Crippen molar-refractivity contribution in [3.8, 4) is 5.75 Å². The smallest absolute Gasteiger partial charge is 0.231 e. The number of anilines is 2. The molecule has 0 saturated carbocycles. The van der Waals surface area contributed by atoms with Crippen LogP contribution in [0, 0.1) is 0 Å². The van der Waals surface area contributed by atoms with E-state index in [2.05, 4.69) is 50.3 Å². The predicted octanol–water partition coefficient (Wildman–Crippen LogP) is 3.01. The first-order valence-electron chi connectivity index (χ1n) is 11.4. The van der Waals surface area contributed by atoms with Crippen LogP contribution in [0.25, 0.3) is 21.9 Å². The van der Waals surface area contributed by atoms with E-state index in [0.29, 0.717) is 13.1 Å². The summed E-state index contributed by atoms with van der Waals surface area (Å²) in [7, 11) is 1.66. The second kappa shape index (κ2) is 10.4. The number of carbonyl (C=O) groups excluding carboxylic acids is 1. The molecule has 2 aromatic carbocycles. The standard InChI is InChI=1S/C25H31N7O2/c1-3-4-11-29-24-23-22(30-25(27)31-24)18-7-5-6-8-19(18)32(23)15-17-12-16(9-10-20(17)34-2)13-28-14-21(26)33/h5-10,12,28H,3-4,11,13-15H2,1-2H3,(H2,26,33)(H3,27,29,30,31). The fourth-order valence-corrected chi connectivity index (χ4v) is 4.18. The number of methoxy groups -OCH3 is 1. The third kappa shape index (κ3) is 4.89. The lowest BCUT2D eigenvalue weighted by Crippen LogP contribution is -2.28. The maximum atomic E-state index is 11.1. The van der Waals surface area contributed by atoms with E-state index in [1.807, 2.05) is 24.3 Å². The summed E-state index contributed by atoms with van der Waals surface area (Å²) in [5.41, 5.74) is 16.1. The van der Waals surface area contributed by atoms with Crippen molar-refractivity contribution in [2.75, 3.05) is 31.2 Å². The molecule has 2 heterocycles. The highest BCUT2D eigenvalue weighted by molar-refractivity contribution is 6.09. The number of para-hydroxylation sites is 1. The molecule has 178 valence electrons. The van der Waals surface area contributed by atoms with Crippen LogP contribution < -0.4 is 26.8 Å². The van der Waals surface area contributed by atoms with Gasteiger partial charge in [0.2, 0.25) is 11.9 Å². The molecule has 9 nitrogen and oxygen atoms in total. The number of benzene rings is 2. The number of ether oxygens (including phenoxy) is 1. The molecule has 2 aromatic heterocycles. The van der Waals surface area contributed by atoms with Crippen LogP contribution in [-0.4, -0.2) is 40.6 Å². The maximum Gasteiger partial charge on any atom is 0.231 e. The van der Waals surface area contributed by atoms with Gasteiger partial charge >= 0.3 is 0 Å². The van der Waals surface area contributed by atoms with Crippen molar-refractivity contribution in [1.29, 1.82) is 0 Å².